The van der Waals surface area contributed by atoms with Crippen LogP contribution in [0.5, 0.6) is 5.75 Å². The molecule has 0 spiro atoms. The zero-order valence-electron chi connectivity index (χ0n) is 32.0. The topological polar surface area (TPSA) is 79.9 Å². The van der Waals surface area contributed by atoms with Crippen LogP contribution in [0.3, 0.4) is 0 Å². The summed E-state index contributed by atoms with van der Waals surface area (Å²) in [5, 5.41) is 10.5. The van der Waals surface area contributed by atoms with Crippen molar-refractivity contribution < 1.29 is 19.1 Å². The summed E-state index contributed by atoms with van der Waals surface area (Å²) >= 11 is 1.77. The number of thiophene rings is 1. The largest absolute Gasteiger partial charge is 0.494 e. The third-order valence-corrected chi connectivity index (χ3v) is 11.0. The van der Waals surface area contributed by atoms with Crippen molar-refractivity contribution in [2.45, 2.75) is 148 Å². The van der Waals surface area contributed by atoms with Gasteiger partial charge < -0.3 is 20.1 Å². The molecule has 0 fully saturated rings. The molecule has 1 amide bonds. The summed E-state index contributed by atoms with van der Waals surface area (Å²) in [7, 11) is 0. The number of unbranched alkanes of at least 4 members (excludes halogenated alkanes) is 13. The van der Waals surface area contributed by atoms with E-state index in [2.05, 4.69) is 67.1 Å². The lowest BCUT2D eigenvalue weighted by Gasteiger charge is -2.41. The highest BCUT2D eigenvalue weighted by atomic mass is 32.1. The molecule has 1 atom stereocenters. The maximum absolute atomic E-state index is 13.4. The van der Waals surface area contributed by atoms with Gasteiger partial charge in [0.2, 0.25) is 5.91 Å². The number of anilines is 2. The van der Waals surface area contributed by atoms with Gasteiger partial charge in [0.1, 0.15) is 5.75 Å². The Morgan fingerprint density at radius 3 is 2.29 bits per heavy atom. The SMILES string of the molecule is CCCCCCCCCCCCCCCC(=O)OC(C)N1C(=O)CC(C)(C)c2ccc(OCCCCNCCNc3cccc4sccc34)cc21. The molecule has 8 heteroatoms. The van der Waals surface area contributed by atoms with E-state index in [0.29, 0.717) is 19.4 Å². The maximum atomic E-state index is 13.4. The third kappa shape index (κ3) is 13.4. The van der Waals surface area contributed by atoms with E-state index >= 15 is 0 Å². The van der Waals surface area contributed by atoms with E-state index in [0.717, 1.165) is 68.7 Å². The molecular weight excluding hydrogens is 655 g/mol. The Kier molecular flexibility index (Phi) is 17.6. The van der Waals surface area contributed by atoms with Crippen LogP contribution < -0.4 is 20.3 Å². The molecule has 1 aliphatic rings. The van der Waals surface area contributed by atoms with E-state index in [1.807, 2.05) is 12.1 Å². The Labute approximate surface area is 312 Å². The molecule has 0 radical (unpaired) electrons. The summed E-state index contributed by atoms with van der Waals surface area (Å²) in [4.78, 5) is 27.9. The summed E-state index contributed by atoms with van der Waals surface area (Å²) in [6.07, 6.45) is 18.5. The fourth-order valence-corrected chi connectivity index (χ4v) is 7.97. The molecule has 0 saturated carbocycles. The molecule has 4 rings (SSSR count). The monoisotopic (exact) mass is 719 g/mol. The summed E-state index contributed by atoms with van der Waals surface area (Å²) < 4.78 is 13.3. The first-order valence-corrected chi connectivity index (χ1v) is 20.9. The number of ether oxygens (including phenoxy) is 2. The van der Waals surface area contributed by atoms with Crippen LogP contribution >= 0.6 is 11.3 Å². The highest BCUT2D eigenvalue weighted by molar-refractivity contribution is 7.17. The molecular formula is C43H65N3O4S. The number of hydrogen-bond donors (Lipinski definition) is 2. The number of amides is 1. The summed E-state index contributed by atoms with van der Waals surface area (Å²) in [6.45, 7) is 11.6. The summed E-state index contributed by atoms with van der Waals surface area (Å²) in [5.41, 5.74) is 2.73. The lowest BCUT2D eigenvalue weighted by atomic mass is 9.77. The fourth-order valence-electron chi connectivity index (χ4n) is 7.15. The van der Waals surface area contributed by atoms with Crippen molar-refractivity contribution in [3.8, 4) is 5.75 Å². The van der Waals surface area contributed by atoms with Crippen molar-refractivity contribution in [2.24, 2.45) is 0 Å². The maximum Gasteiger partial charge on any atom is 0.307 e. The van der Waals surface area contributed by atoms with E-state index < -0.39 is 6.23 Å². The standard InChI is InChI=1S/C43H65N3O4S/c1-5-6-7-8-9-10-11-12-13-14-15-16-17-23-42(48)50-34(2)46-39-32-35(24-25-37(39)43(3,4)33-41(46)47)49-30-19-18-27-44-28-29-45-38-21-20-22-40-36(38)26-31-51-40/h20-22,24-26,31-32,34,44-45H,5-19,23,27-30,33H2,1-4H3. The number of benzene rings is 2. The van der Waals surface area contributed by atoms with Gasteiger partial charge in [-0.3, -0.25) is 14.5 Å². The molecule has 2 heterocycles. The lowest BCUT2D eigenvalue weighted by Crippen LogP contribution is -2.48. The number of nitrogens with zero attached hydrogens (tertiary/aromatic N) is 1. The van der Waals surface area contributed by atoms with Crippen LogP contribution in [0.1, 0.15) is 142 Å². The summed E-state index contributed by atoms with van der Waals surface area (Å²) in [6, 6.07) is 14.6. The van der Waals surface area contributed by atoms with Gasteiger partial charge in [0.25, 0.3) is 0 Å². The Morgan fingerprint density at radius 1 is 0.863 bits per heavy atom. The number of hydrogen-bond acceptors (Lipinski definition) is 7. The second-order valence-corrected chi connectivity index (χ2v) is 15.9. The Morgan fingerprint density at radius 2 is 1.57 bits per heavy atom. The average Bonchev–Trinajstić information content (AvgIpc) is 3.59. The summed E-state index contributed by atoms with van der Waals surface area (Å²) in [5.74, 6) is 0.467. The van der Waals surface area contributed by atoms with E-state index in [4.69, 9.17) is 9.47 Å². The normalized spacial score (nSPS) is 14.4. The lowest BCUT2D eigenvalue weighted by molar-refractivity contribution is -0.149. The second kappa shape index (κ2) is 22.1. The molecule has 1 unspecified atom stereocenters. The van der Waals surface area contributed by atoms with Crippen LogP contribution in [0.2, 0.25) is 0 Å². The number of nitrogens with one attached hydrogen (secondary N) is 2. The van der Waals surface area contributed by atoms with Crippen LogP contribution in [-0.2, 0) is 19.7 Å². The molecule has 1 aromatic heterocycles. The molecule has 1 aliphatic heterocycles. The quantitative estimate of drug-likeness (QED) is 0.0635. The van der Waals surface area contributed by atoms with Crippen LogP contribution in [0.4, 0.5) is 11.4 Å². The van der Waals surface area contributed by atoms with Gasteiger partial charge in [-0.05, 0) is 67.9 Å². The zero-order chi connectivity index (χ0) is 36.3. The van der Waals surface area contributed by atoms with Crippen molar-refractivity contribution in [2.75, 3.05) is 36.5 Å². The number of carbonyl (C=O) groups is 2. The Bertz CT molecular complexity index is 1470. The van der Waals surface area contributed by atoms with Gasteiger partial charge in [-0.15, -0.1) is 11.3 Å². The van der Waals surface area contributed by atoms with Crippen LogP contribution in [0, 0.1) is 0 Å². The van der Waals surface area contributed by atoms with Gasteiger partial charge in [-0.2, -0.15) is 0 Å². The third-order valence-electron chi connectivity index (χ3n) is 10.1. The molecule has 0 saturated heterocycles. The van der Waals surface area contributed by atoms with E-state index in [1.165, 1.54) is 80.0 Å². The average molecular weight is 720 g/mol. The van der Waals surface area contributed by atoms with E-state index in [9.17, 15) is 9.59 Å². The molecule has 0 bridgehead atoms. The van der Waals surface area contributed by atoms with Gasteiger partial charge in [0, 0.05) is 53.2 Å². The smallest absolute Gasteiger partial charge is 0.307 e. The molecule has 2 aromatic carbocycles. The Hall–Kier alpha value is -3.10. The molecule has 7 nitrogen and oxygen atoms in total. The van der Waals surface area contributed by atoms with Gasteiger partial charge in [0.15, 0.2) is 6.23 Å². The van der Waals surface area contributed by atoms with E-state index in [1.54, 1.807) is 23.2 Å². The molecule has 282 valence electrons. The molecule has 51 heavy (non-hydrogen) atoms. The van der Waals surface area contributed by atoms with Crippen LogP contribution in [0.25, 0.3) is 10.1 Å². The first kappa shape index (κ1) is 40.7. The zero-order valence-corrected chi connectivity index (χ0v) is 32.9. The first-order valence-electron chi connectivity index (χ1n) is 20.0. The van der Waals surface area contributed by atoms with Crippen LogP contribution in [-0.4, -0.2) is 44.3 Å². The minimum absolute atomic E-state index is 0.0292. The van der Waals surface area contributed by atoms with Crippen LogP contribution in [0.15, 0.2) is 47.8 Å². The van der Waals surface area contributed by atoms with Crippen molar-refractivity contribution in [1.82, 2.24) is 5.32 Å². The Balaban J connectivity index is 1.12. The van der Waals surface area contributed by atoms with Gasteiger partial charge in [-0.1, -0.05) is 110 Å². The molecule has 3 aromatic rings. The second-order valence-electron chi connectivity index (χ2n) is 15.0. The molecule has 0 aliphatic carbocycles. The number of carbonyl (C=O) groups excluding carboxylic acids is 2. The van der Waals surface area contributed by atoms with Crippen molar-refractivity contribution in [1.29, 1.82) is 0 Å². The minimum Gasteiger partial charge on any atom is -0.494 e. The van der Waals surface area contributed by atoms with E-state index in [-0.39, 0.29) is 17.3 Å². The van der Waals surface area contributed by atoms with Gasteiger partial charge in [-0.25, -0.2) is 0 Å². The molecule has 2 N–H and O–H groups in total. The number of esters is 1. The highest BCUT2D eigenvalue weighted by Crippen LogP contribution is 2.43. The first-order chi connectivity index (χ1) is 24.8. The predicted molar refractivity (Wildman–Crippen MR) is 215 cm³/mol. The van der Waals surface area contributed by atoms with Gasteiger partial charge in [0.05, 0.1) is 12.3 Å². The van der Waals surface area contributed by atoms with Crippen molar-refractivity contribution in [3.05, 3.63) is 53.4 Å². The number of rotatable bonds is 26. The fraction of sp³-hybridized carbons (Fsp3) is 0.628. The highest BCUT2D eigenvalue weighted by Gasteiger charge is 2.39. The van der Waals surface area contributed by atoms with Crippen molar-refractivity contribution in [3.63, 3.8) is 0 Å². The van der Waals surface area contributed by atoms with Gasteiger partial charge >= 0.3 is 5.97 Å². The number of fused-ring (bicyclic) bond motifs is 2. The minimum atomic E-state index is -0.671. The van der Waals surface area contributed by atoms with Crippen molar-refractivity contribution >= 4 is 44.7 Å². The predicted octanol–water partition coefficient (Wildman–Crippen LogP) is 11.1.